The maximum atomic E-state index is 13.6. The van der Waals surface area contributed by atoms with E-state index in [9.17, 15) is 4.79 Å². The van der Waals surface area contributed by atoms with Crippen LogP contribution in [0.1, 0.15) is 49.9 Å². The number of tetrazole rings is 1. The molecule has 178 valence electrons. The molecule has 1 aliphatic rings. The van der Waals surface area contributed by atoms with Gasteiger partial charge < -0.3 is 20.1 Å². The molecule has 34 heavy (non-hydrogen) atoms. The van der Waals surface area contributed by atoms with Crippen molar-refractivity contribution in [1.82, 2.24) is 20.2 Å². The monoisotopic (exact) mass is 462 g/mol. The van der Waals surface area contributed by atoms with Gasteiger partial charge in [-0.05, 0) is 73.9 Å². The number of benzene rings is 2. The molecule has 1 aromatic heterocycles. The smallest absolute Gasteiger partial charge is 0.255 e. The Labute approximate surface area is 199 Å². The molecular weight excluding hydrogens is 432 g/mol. The van der Waals surface area contributed by atoms with Crippen molar-refractivity contribution in [2.45, 2.75) is 47.1 Å². The van der Waals surface area contributed by atoms with E-state index in [1.165, 1.54) is 0 Å². The zero-order chi connectivity index (χ0) is 24.2. The van der Waals surface area contributed by atoms with Crippen molar-refractivity contribution < 1.29 is 14.3 Å². The van der Waals surface area contributed by atoms with E-state index in [2.05, 4.69) is 33.1 Å². The fourth-order valence-corrected chi connectivity index (χ4v) is 4.05. The second kappa shape index (κ2) is 9.94. The molecular formula is C25H30N6O3. The van der Waals surface area contributed by atoms with Gasteiger partial charge in [-0.2, -0.15) is 4.68 Å². The first kappa shape index (κ1) is 23.3. The lowest BCUT2D eigenvalue weighted by Crippen LogP contribution is -2.31. The Morgan fingerprint density at radius 2 is 1.91 bits per heavy atom. The molecule has 0 saturated heterocycles. The molecule has 2 aromatic carbocycles. The van der Waals surface area contributed by atoms with Gasteiger partial charge in [0.15, 0.2) is 11.5 Å². The van der Waals surface area contributed by atoms with Crippen LogP contribution < -0.4 is 20.1 Å². The SMILES string of the molecule is CCCOc1ccc(C2C(C(=O)Nc3ccc(C)cc3C)=C(C)Nc3nnnn32)cc1OCC. The number of fused-ring (bicyclic) bond motifs is 1. The van der Waals surface area contributed by atoms with Gasteiger partial charge in [-0.25, -0.2) is 0 Å². The predicted octanol–water partition coefficient (Wildman–Crippen LogP) is 4.41. The van der Waals surface area contributed by atoms with Crippen LogP contribution in [-0.4, -0.2) is 39.3 Å². The summed E-state index contributed by atoms with van der Waals surface area (Å²) >= 11 is 0. The number of carbonyl (C=O) groups is 1. The van der Waals surface area contributed by atoms with Crippen LogP contribution in [0.15, 0.2) is 47.7 Å². The summed E-state index contributed by atoms with van der Waals surface area (Å²) in [5.74, 6) is 1.52. The van der Waals surface area contributed by atoms with Gasteiger partial charge in [0.2, 0.25) is 5.95 Å². The number of ether oxygens (including phenoxy) is 2. The summed E-state index contributed by atoms with van der Waals surface area (Å²) in [7, 11) is 0. The fourth-order valence-electron chi connectivity index (χ4n) is 4.05. The van der Waals surface area contributed by atoms with Gasteiger partial charge in [-0.1, -0.05) is 35.8 Å². The van der Waals surface area contributed by atoms with E-state index in [0.29, 0.717) is 41.9 Å². The number of hydrogen-bond donors (Lipinski definition) is 2. The minimum absolute atomic E-state index is 0.229. The molecule has 2 heterocycles. The molecule has 0 bridgehead atoms. The van der Waals surface area contributed by atoms with E-state index in [0.717, 1.165) is 28.8 Å². The highest BCUT2D eigenvalue weighted by Crippen LogP contribution is 2.39. The van der Waals surface area contributed by atoms with Crippen LogP contribution >= 0.6 is 0 Å². The van der Waals surface area contributed by atoms with Crippen molar-refractivity contribution >= 4 is 17.5 Å². The van der Waals surface area contributed by atoms with Gasteiger partial charge in [-0.15, -0.1) is 0 Å². The van der Waals surface area contributed by atoms with Gasteiger partial charge in [0.1, 0.15) is 6.04 Å². The summed E-state index contributed by atoms with van der Waals surface area (Å²) in [6.45, 7) is 10.9. The van der Waals surface area contributed by atoms with Crippen LogP contribution in [0.3, 0.4) is 0 Å². The van der Waals surface area contributed by atoms with Crippen LogP contribution in [-0.2, 0) is 4.79 Å². The molecule has 0 fully saturated rings. The van der Waals surface area contributed by atoms with Crippen LogP contribution in [0.5, 0.6) is 11.5 Å². The van der Waals surface area contributed by atoms with Crippen LogP contribution in [0.2, 0.25) is 0 Å². The van der Waals surface area contributed by atoms with Crippen molar-refractivity contribution in [2.24, 2.45) is 0 Å². The first-order chi connectivity index (χ1) is 16.4. The first-order valence-electron chi connectivity index (χ1n) is 11.5. The van der Waals surface area contributed by atoms with Gasteiger partial charge in [-0.3, -0.25) is 4.79 Å². The molecule has 0 spiro atoms. The molecule has 4 rings (SSSR count). The van der Waals surface area contributed by atoms with Crippen molar-refractivity contribution in [1.29, 1.82) is 0 Å². The molecule has 1 atom stereocenters. The zero-order valence-electron chi connectivity index (χ0n) is 20.2. The lowest BCUT2D eigenvalue weighted by Gasteiger charge is -2.28. The Balaban J connectivity index is 1.75. The maximum Gasteiger partial charge on any atom is 0.255 e. The number of aryl methyl sites for hydroxylation is 2. The molecule has 1 amide bonds. The summed E-state index contributed by atoms with van der Waals surface area (Å²) in [6, 6.07) is 11.1. The Bertz CT molecular complexity index is 1230. The quantitative estimate of drug-likeness (QED) is 0.511. The topological polar surface area (TPSA) is 103 Å². The lowest BCUT2D eigenvalue weighted by molar-refractivity contribution is -0.113. The largest absolute Gasteiger partial charge is 0.490 e. The van der Waals surface area contributed by atoms with Crippen molar-refractivity contribution in [2.75, 3.05) is 23.8 Å². The number of allylic oxidation sites excluding steroid dienone is 1. The third-order valence-corrected chi connectivity index (χ3v) is 5.63. The highest BCUT2D eigenvalue weighted by Gasteiger charge is 2.34. The molecule has 9 heteroatoms. The highest BCUT2D eigenvalue weighted by molar-refractivity contribution is 6.06. The Kier molecular flexibility index (Phi) is 6.81. The van der Waals surface area contributed by atoms with Gasteiger partial charge in [0.25, 0.3) is 5.91 Å². The Morgan fingerprint density at radius 3 is 2.65 bits per heavy atom. The number of anilines is 2. The molecule has 3 aromatic rings. The van der Waals surface area contributed by atoms with Crippen molar-refractivity contribution in [3.63, 3.8) is 0 Å². The first-order valence-corrected chi connectivity index (χ1v) is 11.5. The predicted molar refractivity (Wildman–Crippen MR) is 130 cm³/mol. The third kappa shape index (κ3) is 4.59. The number of carbonyl (C=O) groups excluding carboxylic acids is 1. The lowest BCUT2D eigenvalue weighted by atomic mass is 9.94. The van der Waals surface area contributed by atoms with Crippen molar-refractivity contribution in [3.8, 4) is 11.5 Å². The van der Waals surface area contributed by atoms with Crippen LogP contribution in [0, 0.1) is 13.8 Å². The van der Waals surface area contributed by atoms with Crippen molar-refractivity contribution in [3.05, 3.63) is 64.4 Å². The number of hydrogen-bond acceptors (Lipinski definition) is 7. The number of nitrogens with one attached hydrogen (secondary N) is 2. The van der Waals surface area contributed by atoms with E-state index in [4.69, 9.17) is 9.47 Å². The average Bonchev–Trinajstić information content (AvgIpc) is 3.27. The van der Waals surface area contributed by atoms with E-state index in [-0.39, 0.29) is 5.91 Å². The third-order valence-electron chi connectivity index (χ3n) is 5.63. The number of aromatic nitrogens is 4. The average molecular weight is 463 g/mol. The van der Waals surface area contributed by atoms with Crippen LogP contribution in [0.4, 0.5) is 11.6 Å². The molecule has 2 N–H and O–H groups in total. The molecule has 9 nitrogen and oxygen atoms in total. The van der Waals surface area contributed by atoms with Gasteiger partial charge >= 0.3 is 0 Å². The molecule has 1 unspecified atom stereocenters. The second-order valence-corrected chi connectivity index (χ2v) is 8.27. The highest BCUT2D eigenvalue weighted by atomic mass is 16.5. The summed E-state index contributed by atoms with van der Waals surface area (Å²) in [5.41, 5.74) is 4.90. The summed E-state index contributed by atoms with van der Waals surface area (Å²) in [6.07, 6.45) is 0.889. The molecule has 0 saturated carbocycles. The molecule has 0 radical (unpaired) electrons. The second-order valence-electron chi connectivity index (χ2n) is 8.27. The van der Waals surface area contributed by atoms with E-state index >= 15 is 0 Å². The zero-order valence-corrected chi connectivity index (χ0v) is 20.2. The van der Waals surface area contributed by atoms with E-state index < -0.39 is 6.04 Å². The van der Waals surface area contributed by atoms with Crippen LogP contribution in [0.25, 0.3) is 0 Å². The minimum Gasteiger partial charge on any atom is -0.490 e. The van der Waals surface area contributed by atoms with Gasteiger partial charge in [0.05, 0.1) is 18.8 Å². The Morgan fingerprint density at radius 1 is 1.09 bits per heavy atom. The Hall–Kier alpha value is -3.88. The van der Waals surface area contributed by atoms with E-state index in [1.54, 1.807) is 4.68 Å². The standard InChI is InChI=1S/C25H30N6O3/c1-6-12-34-20-11-9-18(14-21(20)33-7-2)23-22(17(5)26-25-28-29-30-31(23)25)24(32)27-19-10-8-15(3)13-16(19)4/h8-11,13-14,23H,6-7,12H2,1-5H3,(H,27,32)(H,26,28,30). The molecule has 0 aliphatic carbocycles. The van der Waals surface area contributed by atoms with Gasteiger partial charge in [0, 0.05) is 11.4 Å². The summed E-state index contributed by atoms with van der Waals surface area (Å²) < 4.78 is 13.3. The summed E-state index contributed by atoms with van der Waals surface area (Å²) in [5, 5.41) is 18.3. The normalized spacial score (nSPS) is 14.9. The number of nitrogens with zero attached hydrogens (tertiary/aromatic N) is 4. The van der Waals surface area contributed by atoms with E-state index in [1.807, 2.05) is 64.1 Å². The maximum absolute atomic E-state index is 13.6. The summed E-state index contributed by atoms with van der Waals surface area (Å²) in [4.78, 5) is 13.6. The fraction of sp³-hybridized carbons (Fsp3) is 0.360. The molecule has 1 aliphatic heterocycles. The number of amides is 1. The number of rotatable bonds is 8. The minimum atomic E-state index is -0.545.